The molecule has 0 saturated heterocycles. The van der Waals surface area contributed by atoms with Crippen molar-refractivity contribution >= 4 is 17.9 Å². The molecule has 1 atom stereocenters. The van der Waals surface area contributed by atoms with E-state index >= 15 is 0 Å². The van der Waals surface area contributed by atoms with Crippen LogP contribution >= 0.6 is 0 Å². The first-order valence-electron chi connectivity index (χ1n) is 29.0. The SMILES string of the molecule is CC/C=C\C/C=C\C/C=C\C/C=C\C/C=C\C/C=C\C/C=C\C/C=C\CCCCCCC(=O)OCC(COC(=O)CCCCCCCCCCC)OC(=O)CCCCCCC/C=C\C/C=C\CCCCC. The summed E-state index contributed by atoms with van der Waals surface area (Å²) >= 11 is 0. The summed E-state index contributed by atoms with van der Waals surface area (Å²) in [4.78, 5) is 38.0. The van der Waals surface area contributed by atoms with Crippen molar-refractivity contribution < 1.29 is 28.6 Å². The third kappa shape index (κ3) is 56.6. The standard InChI is InChI=1S/C65H106O6/c1-4-7-10-13-16-19-21-23-25-26-27-28-29-30-31-32-33-34-35-36-37-38-40-41-43-46-49-52-55-58-64(67)70-61-62(60-69-63(66)57-54-51-48-45-18-15-12-9-6-3)71-65(68)59-56-53-50-47-44-42-39-24-22-20-17-14-11-8-5-2/h7,10,16-17,19-20,23-25,27-28,30-31,33-34,36-37,39-41,62H,4-6,8-9,11-15,18,21-22,26,29,32,35,38,42-61H2,1-3H3/b10-7-,19-16-,20-17-,25-23-,28-27-,31-30-,34-33-,37-36-,39-24-,41-40-. The van der Waals surface area contributed by atoms with Gasteiger partial charge in [0.1, 0.15) is 13.2 Å². The lowest BCUT2D eigenvalue weighted by Crippen LogP contribution is -2.30. The predicted octanol–water partition coefficient (Wildman–Crippen LogP) is 19.6. The van der Waals surface area contributed by atoms with Crippen LogP contribution in [-0.4, -0.2) is 37.2 Å². The van der Waals surface area contributed by atoms with E-state index in [-0.39, 0.29) is 31.1 Å². The molecule has 0 bridgehead atoms. The van der Waals surface area contributed by atoms with Gasteiger partial charge in [0.25, 0.3) is 0 Å². The van der Waals surface area contributed by atoms with Crippen molar-refractivity contribution in [2.24, 2.45) is 0 Å². The van der Waals surface area contributed by atoms with Gasteiger partial charge in [-0.2, -0.15) is 0 Å². The highest BCUT2D eigenvalue weighted by Gasteiger charge is 2.19. The lowest BCUT2D eigenvalue weighted by molar-refractivity contribution is -0.167. The Labute approximate surface area is 437 Å². The van der Waals surface area contributed by atoms with Crippen LogP contribution in [0.25, 0.3) is 0 Å². The van der Waals surface area contributed by atoms with Crippen molar-refractivity contribution in [3.8, 4) is 0 Å². The summed E-state index contributed by atoms with van der Waals surface area (Å²) in [5.41, 5.74) is 0. The summed E-state index contributed by atoms with van der Waals surface area (Å²) in [6.45, 7) is 6.44. The molecule has 0 aromatic carbocycles. The molecule has 0 aromatic heterocycles. The lowest BCUT2D eigenvalue weighted by Gasteiger charge is -2.18. The summed E-state index contributed by atoms with van der Waals surface area (Å²) < 4.78 is 16.8. The van der Waals surface area contributed by atoms with Crippen molar-refractivity contribution in [2.45, 2.75) is 258 Å². The summed E-state index contributed by atoms with van der Waals surface area (Å²) in [5, 5.41) is 0. The molecule has 6 heteroatoms. The van der Waals surface area contributed by atoms with Crippen molar-refractivity contribution in [2.75, 3.05) is 13.2 Å². The molecule has 0 aliphatic heterocycles. The molecule has 0 rings (SSSR count). The fourth-order valence-electron chi connectivity index (χ4n) is 7.60. The van der Waals surface area contributed by atoms with E-state index < -0.39 is 6.10 Å². The number of esters is 3. The van der Waals surface area contributed by atoms with Crippen LogP contribution in [0.15, 0.2) is 122 Å². The van der Waals surface area contributed by atoms with E-state index in [1.54, 1.807) is 0 Å². The first-order chi connectivity index (χ1) is 35.0. The fraction of sp³-hybridized carbons (Fsp3) is 0.646. The molecular weight excluding hydrogens is 877 g/mol. The number of ether oxygens (including phenoxy) is 3. The number of carbonyl (C=O) groups is 3. The average Bonchev–Trinajstić information content (AvgIpc) is 3.37. The summed E-state index contributed by atoms with van der Waals surface area (Å²) in [6.07, 6.45) is 80.5. The van der Waals surface area contributed by atoms with Crippen LogP contribution in [0.4, 0.5) is 0 Å². The average molecular weight is 984 g/mol. The van der Waals surface area contributed by atoms with Crippen LogP contribution in [-0.2, 0) is 28.6 Å². The monoisotopic (exact) mass is 983 g/mol. The highest BCUT2D eigenvalue weighted by atomic mass is 16.6. The van der Waals surface area contributed by atoms with Gasteiger partial charge in [0.2, 0.25) is 0 Å². The molecule has 1 unspecified atom stereocenters. The minimum absolute atomic E-state index is 0.0930. The van der Waals surface area contributed by atoms with E-state index in [1.807, 2.05) is 0 Å². The van der Waals surface area contributed by atoms with Gasteiger partial charge in [-0.3, -0.25) is 14.4 Å². The number of hydrogen-bond acceptors (Lipinski definition) is 6. The normalized spacial score (nSPS) is 13.0. The van der Waals surface area contributed by atoms with Gasteiger partial charge in [0.05, 0.1) is 0 Å². The molecule has 0 fully saturated rings. The van der Waals surface area contributed by atoms with Gasteiger partial charge in [0, 0.05) is 19.3 Å². The van der Waals surface area contributed by atoms with Crippen molar-refractivity contribution in [3.05, 3.63) is 122 Å². The van der Waals surface area contributed by atoms with Crippen molar-refractivity contribution in [1.82, 2.24) is 0 Å². The van der Waals surface area contributed by atoms with E-state index in [0.717, 1.165) is 148 Å². The zero-order chi connectivity index (χ0) is 51.4. The maximum absolute atomic E-state index is 12.8. The summed E-state index contributed by atoms with van der Waals surface area (Å²) in [7, 11) is 0. The molecule has 402 valence electrons. The number of rotatable bonds is 51. The van der Waals surface area contributed by atoms with Gasteiger partial charge >= 0.3 is 17.9 Å². The van der Waals surface area contributed by atoms with Crippen LogP contribution in [0.5, 0.6) is 0 Å². The van der Waals surface area contributed by atoms with Crippen molar-refractivity contribution in [3.63, 3.8) is 0 Å². The van der Waals surface area contributed by atoms with Gasteiger partial charge in [-0.25, -0.2) is 0 Å². The van der Waals surface area contributed by atoms with E-state index in [0.29, 0.717) is 19.3 Å². The molecule has 0 aromatic rings. The second-order valence-corrected chi connectivity index (χ2v) is 18.8. The van der Waals surface area contributed by atoms with E-state index in [2.05, 4.69) is 142 Å². The van der Waals surface area contributed by atoms with E-state index in [4.69, 9.17) is 14.2 Å². The summed E-state index contributed by atoms with van der Waals surface area (Å²) in [6, 6.07) is 0. The number of unbranched alkanes of at least 4 members (excludes halogenated alkanes) is 20. The molecule has 0 amide bonds. The number of allylic oxidation sites excluding steroid dienone is 20. The minimum atomic E-state index is -0.796. The van der Waals surface area contributed by atoms with Crippen LogP contribution in [0, 0.1) is 0 Å². The molecule has 0 aliphatic carbocycles. The minimum Gasteiger partial charge on any atom is -0.462 e. The molecule has 0 aliphatic rings. The van der Waals surface area contributed by atoms with Crippen LogP contribution in [0.2, 0.25) is 0 Å². The van der Waals surface area contributed by atoms with Gasteiger partial charge in [-0.1, -0.05) is 239 Å². The largest absolute Gasteiger partial charge is 0.462 e. The summed E-state index contributed by atoms with van der Waals surface area (Å²) in [5.74, 6) is -0.939. The topological polar surface area (TPSA) is 78.9 Å². The third-order valence-electron chi connectivity index (χ3n) is 12.0. The Kier molecular flexibility index (Phi) is 54.9. The Hall–Kier alpha value is -4.19. The molecule has 71 heavy (non-hydrogen) atoms. The Morgan fingerprint density at radius 3 is 0.887 bits per heavy atom. The van der Waals surface area contributed by atoms with E-state index in [1.165, 1.54) is 64.2 Å². The Morgan fingerprint density at radius 2 is 0.549 bits per heavy atom. The molecule has 0 saturated carbocycles. The zero-order valence-corrected chi connectivity index (χ0v) is 45.9. The predicted molar refractivity (Wildman–Crippen MR) is 306 cm³/mol. The second-order valence-electron chi connectivity index (χ2n) is 18.8. The molecular formula is C65H106O6. The smallest absolute Gasteiger partial charge is 0.306 e. The Morgan fingerprint density at radius 1 is 0.296 bits per heavy atom. The Bertz CT molecular complexity index is 1500. The number of hydrogen-bond donors (Lipinski definition) is 0. The van der Waals surface area contributed by atoms with Crippen LogP contribution in [0.3, 0.4) is 0 Å². The molecule has 0 heterocycles. The highest BCUT2D eigenvalue weighted by molar-refractivity contribution is 5.71. The molecule has 0 N–H and O–H groups in total. The first-order valence-corrected chi connectivity index (χ1v) is 29.0. The zero-order valence-electron chi connectivity index (χ0n) is 45.9. The lowest BCUT2D eigenvalue weighted by atomic mass is 10.1. The quantitative estimate of drug-likeness (QED) is 0.0261. The third-order valence-corrected chi connectivity index (χ3v) is 12.0. The Balaban J connectivity index is 4.32. The molecule has 0 radical (unpaired) electrons. The van der Waals surface area contributed by atoms with Crippen LogP contribution < -0.4 is 0 Å². The first kappa shape index (κ1) is 66.8. The second kappa shape index (κ2) is 58.4. The van der Waals surface area contributed by atoms with E-state index in [9.17, 15) is 14.4 Å². The van der Waals surface area contributed by atoms with Gasteiger partial charge in [-0.15, -0.1) is 0 Å². The van der Waals surface area contributed by atoms with Crippen LogP contribution in [0.1, 0.15) is 252 Å². The highest BCUT2D eigenvalue weighted by Crippen LogP contribution is 2.14. The molecule has 0 spiro atoms. The van der Waals surface area contributed by atoms with Crippen molar-refractivity contribution in [1.29, 1.82) is 0 Å². The maximum Gasteiger partial charge on any atom is 0.306 e. The fourth-order valence-corrected chi connectivity index (χ4v) is 7.60. The van der Waals surface area contributed by atoms with Gasteiger partial charge in [-0.05, 0) is 116 Å². The van der Waals surface area contributed by atoms with Gasteiger partial charge < -0.3 is 14.2 Å². The maximum atomic E-state index is 12.8. The van der Waals surface area contributed by atoms with Gasteiger partial charge in [0.15, 0.2) is 6.10 Å². The molecule has 6 nitrogen and oxygen atoms in total. The number of carbonyl (C=O) groups excluding carboxylic acids is 3.